The van der Waals surface area contributed by atoms with Gasteiger partial charge in [-0.2, -0.15) is 0 Å². The Kier molecular flexibility index (Phi) is 3.19. The molecule has 1 aromatic heterocycles. The van der Waals surface area contributed by atoms with Gasteiger partial charge in [-0.15, -0.1) is 0 Å². The van der Waals surface area contributed by atoms with Crippen LogP contribution in [-0.4, -0.2) is 22.3 Å². The molecule has 0 aliphatic carbocycles. The van der Waals surface area contributed by atoms with Crippen LogP contribution >= 0.6 is 0 Å². The number of hydrogen-bond acceptors (Lipinski definition) is 2. The Morgan fingerprint density at radius 3 is 3.29 bits per heavy atom. The first-order valence-corrected chi connectivity index (χ1v) is 5.51. The zero-order chi connectivity index (χ0) is 9.80. The Labute approximate surface area is 85.1 Å². The van der Waals surface area contributed by atoms with E-state index in [0.29, 0.717) is 6.10 Å². The van der Waals surface area contributed by atoms with E-state index in [0.717, 1.165) is 26.0 Å². The number of ether oxygens (including phenoxy) is 1. The summed E-state index contributed by atoms with van der Waals surface area (Å²) >= 11 is 0. The Bertz CT molecular complexity index is 277. The summed E-state index contributed by atoms with van der Waals surface area (Å²) in [5.74, 6) is 1.18. The normalized spacial score (nSPS) is 21.6. The molecule has 1 unspecified atom stereocenters. The van der Waals surface area contributed by atoms with Crippen LogP contribution in [0.5, 0.6) is 0 Å². The van der Waals surface area contributed by atoms with Gasteiger partial charge < -0.3 is 9.30 Å². The number of rotatable bonds is 4. The molecule has 1 aromatic rings. The van der Waals surface area contributed by atoms with Crippen molar-refractivity contribution < 1.29 is 4.74 Å². The summed E-state index contributed by atoms with van der Waals surface area (Å²) in [5.41, 5.74) is 0. The lowest BCUT2D eigenvalue weighted by atomic mass is 10.2. The molecule has 0 spiro atoms. The van der Waals surface area contributed by atoms with Crippen LogP contribution in [0.15, 0.2) is 12.4 Å². The molecule has 1 atom stereocenters. The summed E-state index contributed by atoms with van der Waals surface area (Å²) in [7, 11) is 0. The maximum atomic E-state index is 5.59. The van der Waals surface area contributed by atoms with Gasteiger partial charge in [0.05, 0.1) is 6.10 Å². The first kappa shape index (κ1) is 9.71. The van der Waals surface area contributed by atoms with Crippen LogP contribution in [-0.2, 0) is 17.7 Å². The van der Waals surface area contributed by atoms with Crippen LogP contribution in [0.1, 0.15) is 32.0 Å². The SMILES string of the molecule is CCc1nccn1CCC1CCCO1. The predicted octanol–water partition coefficient (Wildman–Crippen LogP) is 2.01. The van der Waals surface area contributed by atoms with Crippen LogP contribution in [0.3, 0.4) is 0 Å². The topological polar surface area (TPSA) is 27.1 Å². The van der Waals surface area contributed by atoms with Crippen LogP contribution in [0.4, 0.5) is 0 Å². The first-order chi connectivity index (χ1) is 6.90. The van der Waals surface area contributed by atoms with Gasteiger partial charge in [0.1, 0.15) is 5.82 Å². The maximum Gasteiger partial charge on any atom is 0.108 e. The van der Waals surface area contributed by atoms with Crippen molar-refractivity contribution in [2.45, 2.75) is 45.3 Å². The molecular formula is C11H18N2O. The number of nitrogens with zero attached hydrogens (tertiary/aromatic N) is 2. The van der Waals surface area contributed by atoms with E-state index < -0.39 is 0 Å². The predicted molar refractivity (Wildman–Crippen MR) is 55.2 cm³/mol. The van der Waals surface area contributed by atoms with Gasteiger partial charge in [-0.3, -0.25) is 0 Å². The Balaban J connectivity index is 1.84. The maximum absolute atomic E-state index is 5.59. The molecule has 0 aromatic carbocycles. The van der Waals surface area contributed by atoms with E-state index in [9.17, 15) is 0 Å². The smallest absolute Gasteiger partial charge is 0.108 e. The van der Waals surface area contributed by atoms with Gasteiger partial charge in [-0.1, -0.05) is 6.92 Å². The molecule has 14 heavy (non-hydrogen) atoms. The van der Waals surface area contributed by atoms with E-state index in [-0.39, 0.29) is 0 Å². The summed E-state index contributed by atoms with van der Waals surface area (Å²) in [5, 5.41) is 0. The number of aromatic nitrogens is 2. The molecule has 0 saturated carbocycles. The summed E-state index contributed by atoms with van der Waals surface area (Å²) in [6.45, 7) is 4.15. The van der Waals surface area contributed by atoms with E-state index in [1.165, 1.54) is 18.7 Å². The molecule has 78 valence electrons. The minimum Gasteiger partial charge on any atom is -0.378 e. The summed E-state index contributed by atoms with van der Waals surface area (Å²) in [4.78, 5) is 4.30. The van der Waals surface area contributed by atoms with Crippen molar-refractivity contribution >= 4 is 0 Å². The lowest BCUT2D eigenvalue weighted by Crippen LogP contribution is -2.11. The summed E-state index contributed by atoms with van der Waals surface area (Å²) in [6, 6.07) is 0. The van der Waals surface area contributed by atoms with Gasteiger partial charge >= 0.3 is 0 Å². The van der Waals surface area contributed by atoms with Crippen molar-refractivity contribution in [3.05, 3.63) is 18.2 Å². The van der Waals surface area contributed by atoms with Crippen molar-refractivity contribution in [3.63, 3.8) is 0 Å². The molecule has 0 radical (unpaired) electrons. The highest BCUT2D eigenvalue weighted by molar-refractivity contribution is 4.91. The fourth-order valence-electron chi connectivity index (χ4n) is 2.01. The van der Waals surface area contributed by atoms with E-state index in [1.54, 1.807) is 0 Å². The van der Waals surface area contributed by atoms with Crippen molar-refractivity contribution in [1.82, 2.24) is 9.55 Å². The molecule has 1 aliphatic heterocycles. The van der Waals surface area contributed by atoms with E-state index >= 15 is 0 Å². The second kappa shape index (κ2) is 4.60. The molecule has 2 heterocycles. The molecule has 0 N–H and O–H groups in total. The summed E-state index contributed by atoms with van der Waals surface area (Å²) in [6.07, 6.45) is 9.04. The quantitative estimate of drug-likeness (QED) is 0.733. The van der Waals surface area contributed by atoms with Crippen LogP contribution in [0.25, 0.3) is 0 Å². The van der Waals surface area contributed by atoms with Gasteiger partial charge in [0.15, 0.2) is 0 Å². The van der Waals surface area contributed by atoms with Gasteiger partial charge in [-0.05, 0) is 19.3 Å². The standard InChI is InChI=1S/C11H18N2O/c1-2-11-12-6-8-13(11)7-5-10-4-3-9-14-10/h6,8,10H,2-5,7,9H2,1H3. The van der Waals surface area contributed by atoms with Crippen molar-refractivity contribution in [2.75, 3.05) is 6.61 Å². The average Bonchev–Trinajstić information content (AvgIpc) is 2.85. The second-order valence-corrected chi connectivity index (χ2v) is 3.81. The fourth-order valence-corrected chi connectivity index (χ4v) is 2.01. The van der Waals surface area contributed by atoms with Gasteiger partial charge in [-0.25, -0.2) is 4.98 Å². The molecule has 3 nitrogen and oxygen atoms in total. The van der Waals surface area contributed by atoms with Gasteiger partial charge in [0.2, 0.25) is 0 Å². The number of aryl methyl sites for hydroxylation is 2. The lowest BCUT2D eigenvalue weighted by molar-refractivity contribution is 0.100. The number of imidazole rings is 1. The molecular weight excluding hydrogens is 176 g/mol. The third-order valence-corrected chi connectivity index (χ3v) is 2.83. The number of hydrogen-bond donors (Lipinski definition) is 0. The van der Waals surface area contributed by atoms with Gasteiger partial charge in [0, 0.05) is 32.0 Å². The minimum atomic E-state index is 0.488. The van der Waals surface area contributed by atoms with E-state index in [4.69, 9.17) is 4.74 Å². The Hall–Kier alpha value is -0.830. The highest BCUT2D eigenvalue weighted by atomic mass is 16.5. The van der Waals surface area contributed by atoms with Crippen LogP contribution < -0.4 is 0 Å². The molecule has 1 fully saturated rings. The molecule has 1 saturated heterocycles. The van der Waals surface area contributed by atoms with Crippen molar-refractivity contribution in [1.29, 1.82) is 0 Å². The molecule has 0 bridgehead atoms. The minimum absolute atomic E-state index is 0.488. The molecule has 1 aliphatic rings. The van der Waals surface area contributed by atoms with E-state index in [1.807, 2.05) is 6.20 Å². The molecule has 2 rings (SSSR count). The largest absolute Gasteiger partial charge is 0.378 e. The zero-order valence-corrected chi connectivity index (χ0v) is 8.78. The van der Waals surface area contributed by atoms with Crippen molar-refractivity contribution in [2.24, 2.45) is 0 Å². The zero-order valence-electron chi connectivity index (χ0n) is 8.78. The molecule has 0 amide bonds. The van der Waals surface area contributed by atoms with Crippen molar-refractivity contribution in [3.8, 4) is 0 Å². The fraction of sp³-hybridized carbons (Fsp3) is 0.727. The average molecular weight is 194 g/mol. The monoisotopic (exact) mass is 194 g/mol. The summed E-state index contributed by atoms with van der Waals surface area (Å²) < 4.78 is 7.83. The van der Waals surface area contributed by atoms with Gasteiger partial charge in [0.25, 0.3) is 0 Å². The molecule has 3 heteroatoms. The third kappa shape index (κ3) is 2.15. The second-order valence-electron chi connectivity index (χ2n) is 3.81. The third-order valence-electron chi connectivity index (χ3n) is 2.83. The Morgan fingerprint density at radius 1 is 1.64 bits per heavy atom. The van der Waals surface area contributed by atoms with E-state index in [2.05, 4.69) is 22.7 Å². The first-order valence-electron chi connectivity index (χ1n) is 5.51. The highest BCUT2D eigenvalue weighted by Crippen LogP contribution is 2.16. The lowest BCUT2D eigenvalue weighted by Gasteiger charge is -2.10. The highest BCUT2D eigenvalue weighted by Gasteiger charge is 2.15. The Morgan fingerprint density at radius 2 is 2.57 bits per heavy atom. The van der Waals surface area contributed by atoms with Crippen LogP contribution in [0.2, 0.25) is 0 Å². The van der Waals surface area contributed by atoms with Crippen LogP contribution in [0, 0.1) is 0 Å².